The van der Waals surface area contributed by atoms with Crippen LogP contribution in [0.25, 0.3) is 0 Å². The number of nitrogens with two attached hydrogens (primary N) is 1. The van der Waals surface area contributed by atoms with Crippen molar-refractivity contribution < 1.29 is 14.3 Å². The molecule has 126 valence electrons. The lowest BCUT2D eigenvalue weighted by molar-refractivity contribution is -0.128. The minimum Gasteiger partial charge on any atom is -0.479 e. The number of nitrogens with one attached hydrogen (secondary N) is 1. The van der Waals surface area contributed by atoms with E-state index in [9.17, 15) is 9.59 Å². The summed E-state index contributed by atoms with van der Waals surface area (Å²) in [4.78, 5) is 25.6. The monoisotopic (exact) mass is 319 g/mol. The zero-order valence-electron chi connectivity index (χ0n) is 14.1. The van der Waals surface area contributed by atoms with E-state index in [1.807, 2.05) is 18.2 Å². The van der Waals surface area contributed by atoms with Gasteiger partial charge in [0.1, 0.15) is 12.3 Å². The molecule has 1 heterocycles. The van der Waals surface area contributed by atoms with Gasteiger partial charge in [-0.1, -0.05) is 19.9 Å². The molecule has 0 spiro atoms. The predicted octanol–water partition coefficient (Wildman–Crippen LogP) is 1.59. The Labute approximate surface area is 137 Å². The number of hydrogen-bond acceptors (Lipinski definition) is 4. The number of rotatable bonds is 5. The van der Waals surface area contributed by atoms with Crippen molar-refractivity contribution in [3.8, 4) is 5.75 Å². The second-order valence-corrected chi connectivity index (χ2v) is 6.32. The third-order valence-electron chi connectivity index (χ3n) is 3.93. The number of carbonyl (C=O) groups is 2. The third-order valence-corrected chi connectivity index (χ3v) is 3.93. The standard InChI is InChI=1S/C17H25N3O3/c1-10(2)7-13(18)12-5-6-15-14(8-12)20(9-16(21)19-4)17(22)11(3)23-15/h5-6,8,10-11,13H,7,9,18H2,1-4H3,(H,19,21). The van der Waals surface area contributed by atoms with Gasteiger partial charge in [-0.3, -0.25) is 14.5 Å². The van der Waals surface area contributed by atoms with Crippen LogP contribution in [0.5, 0.6) is 5.75 Å². The summed E-state index contributed by atoms with van der Waals surface area (Å²) in [6.07, 6.45) is 0.238. The Morgan fingerprint density at radius 1 is 1.43 bits per heavy atom. The molecule has 0 saturated heterocycles. The maximum atomic E-state index is 12.4. The first-order valence-electron chi connectivity index (χ1n) is 7.91. The first kappa shape index (κ1) is 17.3. The van der Waals surface area contributed by atoms with E-state index in [-0.39, 0.29) is 24.4 Å². The molecular weight excluding hydrogens is 294 g/mol. The fourth-order valence-electron chi connectivity index (χ4n) is 2.68. The average Bonchev–Trinajstić information content (AvgIpc) is 2.50. The first-order chi connectivity index (χ1) is 10.8. The van der Waals surface area contributed by atoms with Crippen molar-refractivity contribution in [2.45, 2.75) is 39.3 Å². The van der Waals surface area contributed by atoms with Gasteiger partial charge in [-0.15, -0.1) is 0 Å². The Hall–Kier alpha value is -2.08. The number of nitrogens with zero attached hydrogens (tertiary/aromatic N) is 1. The van der Waals surface area contributed by atoms with Crippen LogP contribution in [0.1, 0.15) is 38.8 Å². The van der Waals surface area contributed by atoms with Crippen molar-refractivity contribution in [2.24, 2.45) is 11.7 Å². The fraction of sp³-hybridized carbons (Fsp3) is 0.529. The lowest BCUT2D eigenvalue weighted by atomic mass is 9.97. The molecule has 1 aromatic rings. The van der Waals surface area contributed by atoms with E-state index in [1.165, 1.54) is 4.90 Å². The second-order valence-electron chi connectivity index (χ2n) is 6.32. The summed E-state index contributed by atoms with van der Waals surface area (Å²) in [5.41, 5.74) is 7.78. The summed E-state index contributed by atoms with van der Waals surface area (Å²) < 4.78 is 5.64. The Morgan fingerprint density at radius 2 is 2.13 bits per heavy atom. The number of benzene rings is 1. The second kappa shape index (κ2) is 7.00. The van der Waals surface area contributed by atoms with Crippen molar-refractivity contribution in [3.63, 3.8) is 0 Å². The van der Waals surface area contributed by atoms with Crippen LogP contribution in [0.4, 0.5) is 5.69 Å². The Kier molecular flexibility index (Phi) is 5.26. The lowest BCUT2D eigenvalue weighted by Crippen LogP contribution is -2.48. The Balaban J connectivity index is 2.36. The van der Waals surface area contributed by atoms with E-state index in [1.54, 1.807) is 14.0 Å². The van der Waals surface area contributed by atoms with Crippen LogP contribution in [0, 0.1) is 5.92 Å². The highest BCUT2D eigenvalue weighted by Crippen LogP contribution is 2.36. The largest absolute Gasteiger partial charge is 0.479 e. The first-order valence-corrected chi connectivity index (χ1v) is 7.91. The zero-order chi connectivity index (χ0) is 17.1. The Bertz CT molecular complexity index is 601. The van der Waals surface area contributed by atoms with Gasteiger partial charge in [0.2, 0.25) is 5.91 Å². The smallest absolute Gasteiger partial charge is 0.268 e. The molecule has 2 atom stereocenters. The number of fused-ring (bicyclic) bond motifs is 1. The van der Waals surface area contributed by atoms with Crippen molar-refractivity contribution in [2.75, 3.05) is 18.5 Å². The Morgan fingerprint density at radius 3 is 2.74 bits per heavy atom. The summed E-state index contributed by atoms with van der Waals surface area (Å²) >= 11 is 0. The highest BCUT2D eigenvalue weighted by molar-refractivity contribution is 6.03. The maximum absolute atomic E-state index is 12.4. The third kappa shape index (κ3) is 3.82. The van der Waals surface area contributed by atoms with Crippen molar-refractivity contribution in [3.05, 3.63) is 23.8 Å². The molecule has 1 aromatic carbocycles. The van der Waals surface area contributed by atoms with E-state index in [4.69, 9.17) is 10.5 Å². The molecule has 2 amide bonds. The van der Waals surface area contributed by atoms with E-state index < -0.39 is 6.10 Å². The van der Waals surface area contributed by atoms with Crippen LogP contribution in [0.15, 0.2) is 18.2 Å². The van der Waals surface area contributed by atoms with Gasteiger partial charge in [0, 0.05) is 13.1 Å². The molecule has 2 unspecified atom stereocenters. The topological polar surface area (TPSA) is 84.7 Å². The van der Waals surface area contributed by atoms with Crippen LogP contribution in [-0.2, 0) is 9.59 Å². The number of ether oxygens (including phenoxy) is 1. The molecule has 3 N–H and O–H groups in total. The van der Waals surface area contributed by atoms with Gasteiger partial charge in [0.15, 0.2) is 6.10 Å². The number of likely N-dealkylation sites (N-methyl/N-ethyl adjacent to an activating group) is 1. The zero-order valence-corrected chi connectivity index (χ0v) is 14.1. The van der Waals surface area contributed by atoms with Gasteiger partial charge in [-0.05, 0) is 37.0 Å². The molecule has 1 aliphatic heterocycles. The van der Waals surface area contributed by atoms with Gasteiger partial charge in [-0.25, -0.2) is 0 Å². The van der Waals surface area contributed by atoms with Crippen LogP contribution in [0.3, 0.4) is 0 Å². The molecule has 0 aromatic heterocycles. The number of anilines is 1. The lowest BCUT2D eigenvalue weighted by Gasteiger charge is -2.33. The molecule has 1 aliphatic rings. The molecule has 0 radical (unpaired) electrons. The molecular formula is C17H25N3O3. The van der Waals surface area contributed by atoms with Crippen molar-refractivity contribution in [1.82, 2.24) is 5.32 Å². The number of carbonyl (C=O) groups excluding carboxylic acids is 2. The van der Waals surface area contributed by atoms with Crippen LogP contribution in [-0.4, -0.2) is 31.5 Å². The minimum atomic E-state index is -0.609. The summed E-state index contributed by atoms with van der Waals surface area (Å²) in [7, 11) is 1.55. The van der Waals surface area contributed by atoms with Gasteiger partial charge in [0.25, 0.3) is 5.91 Å². The quantitative estimate of drug-likeness (QED) is 0.863. The molecule has 23 heavy (non-hydrogen) atoms. The summed E-state index contributed by atoms with van der Waals surface area (Å²) in [6.45, 7) is 5.88. The van der Waals surface area contributed by atoms with Crippen molar-refractivity contribution >= 4 is 17.5 Å². The number of hydrogen-bond donors (Lipinski definition) is 2. The predicted molar refractivity (Wildman–Crippen MR) is 89.3 cm³/mol. The van der Waals surface area contributed by atoms with E-state index in [0.717, 1.165) is 12.0 Å². The molecule has 0 fully saturated rings. The average molecular weight is 319 g/mol. The fourth-order valence-corrected chi connectivity index (χ4v) is 2.68. The van der Waals surface area contributed by atoms with E-state index in [2.05, 4.69) is 19.2 Å². The summed E-state index contributed by atoms with van der Waals surface area (Å²) in [6, 6.07) is 5.49. The highest BCUT2D eigenvalue weighted by Gasteiger charge is 2.33. The summed E-state index contributed by atoms with van der Waals surface area (Å²) in [5.74, 6) is 0.619. The molecule has 0 saturated carbocycles. The van der Waals surface area contributed by atoms with Crippen LogP contribution < -0.4 is 20.7 Å². The maximum Gasteiger partial charge on any atom is 0.268 e. The SMILES string of the molecule is CNC(=O)CN1C(=O)C(C)Oc2ccc(C(N)CC(C)C)cc21. The normalized spacial score (nSPS) is 18.4. The van der Waals surface area contributed by atoms with Crippen LogP contribution >= 0.6 is 0 Å². The van der Waals surface area contributed by atoms with E-state index in [0.29, 0.717) is 17.4 Å². The van der Waals surface area contributed by atoms with Crippen LogP contribution in [0.2, 0.25) is 0 Å². The molecule has 6 nitrogen and oxygen atoms in total. The highest BCUT2D eigenvalue weighted by atomic mass is 16.5. The summed E-state index contributed by atoms with van der Waals surface area (Å²) in [5, 5.41) is 2.54. The van der Waals surface area contributed by atoms with E-state index >= 15 is 0 Å². The molecule has 0 aliphatic carbocycles. The van der Waals surface area contributed by atoms with Gasteiger partial charge < -0.3 is 15.8 Å². The molecule has 6 heteroatoms. The minimum absolute atomic E-state index is 0.0289. The van der Waals surface area contributed by atoms with Gasteiger partial charge in [-0.2, -0.15) is 0 Å². The van der Waals surface area contributed by atoms with Gasteiger partial charge in [0.05, 0.1) is 5.69 Å². The number of amides is 2. The molecule has 2 rings (SSSR count). The van der Waals surface area contributed by atoms with Gasteiger partial charge >= 0.3 is 0 Å². The van der Waals surface area contributed by atoms with Crippen molar-refractivity contribution in [1.29, 1.82) is 0 Å². The molecule has 0 bridgehead atoms.